The predicted molar refractivity (Wildman–Crippen MR) is 63.6 cm³/mol. The topological polar surface area (TPSA) is 35.5 Å². The van der Waals surface area contributed by atoms with Gasteiger partial charge in [0.2, 0.25) is 0 Å². The predicted octanol–water partition coefficient (Wildman–Crippen LogP) is 3.47. The average Bonchev–Trinajstić information content (AvgIpc) is 2.23. The molecule has 0 bridgehead atoms. The monoisotopic (exact) mass is 282 g/mol. The molecule has 1 fully saturated rings. The summed E-state index contributed by atoms with van der Waals surface area (Å²) in [5.74, 6) is -3.32. The molecule has 0 aliphatic carbocycles. The van der Waals surface area contributed by atoms with Crippen molar-refractivity contribution in [2.75, 3.05) is 6.61 Å². The SMILES string of the molecule is CC(C)(C)OC(=O)C(CC1CCCCO1)C(F)(F)F. The Hall–Kier alpha value is -0.780. The zero-order valence-electron chi connectivity index (χ0n) is 11.5. The number of rotatable bonds is 3. The van der Waals surface area contributed by atoms with Crippen LogP contribution in [-0.2, 0) is 14.3 Å². The van der Waals surface area contributed by atoms with Crippen LogP contribution in [0.25, 0.3) is 0 Å². The van der Waals surface area contributed by atoms with E-state index in [4.69, 9.17) is 9.47 Å². The molecule has 0 aromatic rings. The van der Waals surface area contributed by atoms with E-state index in [0.29, 0.717) is 13.0 Å². The summed E-state index contributed by atoms with van der Waals surface area (Å²) < 4.78 is 49.0. The lowest BCUT2D eigenvalue weighted by Crippen LogP contribution is -2.39. The molecule has 0 aromatic heterocycles. The lowest BCUT2D eigenvalue weighted by atomic mass is 9.96. The maximum absolute atomic E-state index is 12.9. The Morgan fingerprint density at radius 3 is 2.37 bits per heavy atom. The molecule has 2 unspecified atom stereocenters. The molecule has 0 aromatic carbocycles. The molecular formula is C13H21F3O3. The Labute approximate surface area is 111 Å². The Morgan fingerprint density at radius 2 is 1.95 bits per heavy atom. The summed E-state index contributed by atoms with van der Waals surface area (Å²) in [4.78, 5) is 11.7. The molecule has 19 heavy (non-hydrogen) atoms. The first-order valence-electron chi connectivity index (χ1n) is 6.51. The van der Waals surface area contributed by atoms with Crippen LogP contribution in [0.3, 0.4) is 0 Å². The molecule has 1 aliphatic heterocycles. The molecule has 2 atom stereocenters. The maximum atomic E-state index is 12.9. The third kappa shape index (κ3) is 5.80. The largest absolute Gasteiger partial charge is 0.459 e. The molecule has 1 rings (SSSR count). The smallest absolute Gasteiger partial charge is 0.402 e. The van der Waals surface area contributed by atoms with E-state index in [2.05, 4.69) is 0 Å². The minimum atomic E-state index is -4.59. The second kappa shape index (κ2) is 6.11. The number of alkyl halides is 3. The standard InChI is InChI=1S/C13H21F3O3/c1-12(2,3)19-11(17)10(13(14,15)16)8-9-6-4-5-7-18-9/h9-10H,4-8H2,1-3H3. The molecule has 1 aliphatic rings. The van der Waals surface area contributed by atoms with E-state index in [9.17, 15) is 18.0 Å². The minimum Gasteiger partial charge on any atom is -0.459 e. The van der Waals surface area contributed by atoms with Crippen LogP contribution in [0.4, 0.5) is 13.2 Å². The van der Waals surface area contributed by atoms with Crippen molar-refractivity contribution < 1.29 is 27.4 Å². The van der Waals surface area contributed by atoms with Crippen molar-refractivity contribution in [3.8, 4) is 0 Å². The fourth-order valence-corrected chi connectivity index (χ4v) is 1.99. The number of ether oxygens (including phenoxy) is 2. The average molecular weight is 282 g/mol. The van der Waals surface area contributed by atoms with Crippen molar-refractivity contribution >= 4 is 5.97 Å². The van der Waals surface area contributed by atoms with E-state index in [1.165, 1.54) is 0 Å². The van der Waals surface area contributed by atoms with E-state index in [0.717, 1.165) is 12.8 Å². The number of esters is 1. The molecule has 1 heterocycles. The number of carbonyl (C=O) groups is 1. The van der Waals surface area contributed by atoms with E-state index in [1.807, 2.05) is 0 Å². The molecular weight excluding hydrogens is 261 g/mol. The molecule has 0 N–H and O–H groups in total. The van der Waals surface area contributed by atoms with Gasteiger partial charge in [0.15, 0.2) is 5.92 Å². The van der Waals surface area contributed by atoms with Crippen molar-refractivity contribution in [3.63, 3.8) is 0 Å². The lowest BCUT2D eigenvalue weighted by molar-refractivity contribution is -0.210. The molecule has 0 amide bonds. The summed E-state index contributed by atoms with van der Waals surface area (Å²) in [5.41, 5.74) is -0.923. The van der Waals surface area contributed by atoms with Crippen LogP contribution < -0.4 is 0 Å². The number of halogens is 3. The van der Waals surface area contributed by atoms with E-state index < -0.39 is 29.8 Å². The van der Waals surface area contributed by atoms with Crippen LogP contribution in [0.5, 0.6) is 0 Å². The van der Waals surface area contributed by atoms with Crippen molar-refractivity contribution in [1.29, 1.82) is 0 Å². The molecule has 0 radical (unpaired) electrons. The van der Waals surface area contributed by atoms with Crippen LogP contribution in [-0.4, -0.2) is 30.5 Å². The molecule has 1 saturated heterocycles. The summed E-state index contributed by atoms with van der Waals surface area (Å²) in [5, 5.41) is 0. The lowest BCUT2D eigenvalue weighted by Gasteiger charge is -2.29. The third-order valence-electron chi connectivity index (χ3n) is 2.86. The van der Waals surface area contributed by atoms with Gasteiger partial charge in [0.1, 0.15) is 5.60 Å². The van der Waals surface area contributed by atoms with Crippen LogP contribution >= 0.6 is 0 Å². The van der Waals surface area contributed by atoms with Crippen LogP contribution in [0.2, 0.25) is 0 Å². The highest BCUT2D eigenvalue weighted by atomic mass is 19.4. The van der Waals surface area contributed by atoms with Crippen molar-refractivity contribution in [3.05, 3.63) is 0 Å². The molecule has 3 nitrogen and oxygen atoms in total. The Balaban J connectivity index is 2.69. The first-order chi connectivity index (χ1) is 8.59. The summed E-state index contributed by atoms with van der Waals surface area (Å²) in [6, 6.07) is 0. The summed E-state index contributed by atoms with van der Waals surface area (Å²) in [6.45, 7) is 5.11. The molecule has 0 spiro atoms. The van der Waals surface area contributed by atoms with E-state index in [1.54, 1.807) is 20.8 Å². The second-order valence-corrected chi connectivity index (χ2v) is 5.85. The summed E-state index contributed by atoms with van der Waals surface area (Å²) in [6.07, 6.45) is -3.19. The first kappa shape index (κ1) is 16.3. The van der Waals surface area contributed by atoms with Gasteiger partial charge in [-0.25, -0.2) is 0 Å². The highest BCUT2D eigenvalue weighted by molar-refractivity contribution is 5.73. The minimum absolute atomic E-state index is 0.349. The quantitative estimate of drug-likeness (QED) is 0.744. The van der Waals surface area contributed by atoms with Gasteiger partial charge in [-0.05, 0) is 46.5 Å². The van der Waals surface area contributed by atoms with E-state index >= 15 is 0 Å². The summed E-state index contributed by atoms with van der Waals surface area (Å²) in [7, 11) is 0. The van der Waals surface area contributed by atoms with Gasteiger partial charge >= 0.3 is 12.1 Å². The Morgan fingerprint density at radius 1 is 1.32 bits per heavy atom. The normalized spacial score (nSPS) is 22.9. The zero-order chi connectivity index (χ0) is 14.7. The van der Waals surface area contributed by atoms with Gasteiger partial charge < -0.3 is 9.47 Å². The van der Waals surface area contributed by atoms with Crippen molar-refractivity contribution in [1.82, 2.24) is 0 Å². The highest BCUT2D eigenvalue weighted by Crippen LogP contribution is 2.34. The van der Waals surface area contributed by atoms with Crippen molar-refractivity contribution in [2.24, 2.45) is 5.92 Å². The maximum Gasteiger partial charge on any atom is 0.402 e. The van der Waals surface area contributed by atoms with Crippen LogP contribution in [0.15, 0.2) is 0 Å². The number of hydrogen-bond acceptors (Lipinski definition) is 3. The molecule has 0 saturated carbocycles. The fourth-order valence-electron chi connectivity index (χ4n) is 1.99. The molecule has 112 valence electrons. The Bertz CT molecular complexity index is 301. The molecule has 6 heteroatoms. The van der Waals surface area contributed by atoms with Gasteiger partial charge in [0, 0.05) is 6.61 Å². The highest BCUT2D eigenvalue weighted by Gasteiger charge is 2.48. The summed E-state index contributed by atoms with van der Waals surface area (Å²) >= 11 is 0. The van der Waals surface area contributed by atoms with Gasteiger partial charge in [-0.2, -0.15) is 13.2 Å². The van der Waals surface area contributed by atoms with Crippen LogP contribution in [0.1, 0.15) is 46.5 Å². The van der Waals surface area contributed by atoms with Gasteiger partial charge in [0.25, 0.3) is 0 Å². The Kier molecular flexibility index (Phi) is 5.24. The van der Waals surface area contributed by atoms with Crippen LogP contribution in [0, 0.1) is 5.92 Å². The van der Waals surface area contributed by atoms with Gasteiger partial charge in [-0.3, -0.25) is 4.79 Å². The third-order valence-corrected chi connectivity index (χ3v) is 2.86. The second-order valence-electron chi connectivity index (χ2n) is 5.85. The zero-order valence-corrected chi connectivity index (χ0v) is 11.5. The fraction of sp³-hybridized carbons (Fsp3) is 0.923. The van der Waals surface area contributed by atoms with Crippen molar-refractivity contribution in [2.45, 2.75) is 64.3 Å². The van der Waals surface area contributed by atoms with Gasteiger partial charge in [-0.15, -0.1) is 0 Å². The number of carbonyl (C=O) groups excluding carboxylic acids is 1. The first-order valence-corrected chi connectivity index (χ1v) is 6.51. The van der Waals surface area contributed by atoms with E-state index in [-0.39, 0.29) is 6.42 Å². The van der Waals surface area contributed by atoms with Gasteiger partial charge in [-0.1, -0.05) is 0 Å². The van der Waals surface area contributed by atoms with Gasteiger partial charge in [0.05, 0.1) is 6.10 Å². The number of hydrogen-bond donors (Lipinski definition) is 0.